The Hall–Kier alpha value is -5.98. The van der Waals surface area contributed by atoms with Gasteiger partial charge in [-0.15, -0.1) is 0 Å². The van der Waals surface area contributed by atoms with Crippen molar-refractivity contribution in [3.8, 4) is 5.75 Å². The van der Waals surface area contributed by atoms with E-state index in [1.807, 2.05) is 60.8 Å². The number of urea groups is 1. The van der Waals surface area contributed by atoms with E-state index < -0.39 is 23.9 Å². The number of aromatic nitrogens is 3. The number of anilines is 5. The summed E-state index contributed by atoms with van der Waals surface area (Å²) >= 11 is 6.37. The van der Waals surface area contributed by atoms with Crippen LogP contribution in [0.25, 0.3) is 0 Å². The highest BCUT2D eigenvalue weighted by atomic mass is 35.5. The summed E-state index contributed by atoms with van der Waals surface area (Å²) in [5.41, 5.74) is 4.25. The second-order valence-corrected chi connectivity index (χ2v) is 12.1. The highest BCUT2D eigenvalue weighted by molar-refractivity contribution is 6.41. The number of hydrogen-bond donors (Lipinski definition) is 3. The Bertz CT molecular complexity index is 1990. The van der Waals surface area contributed by atoms with Crippen molar-refractivity contribution < 1.29 is 50.3 Å². The van der Waals surface area contributed by atoms with Crippen LogP contribution in [0.15, 0.2) is 73.2 Å². The maximum absolute atomic E-state index is 13.0. The molecule has 1 fully saturated rings. The zero-order chi connectivity index (χ0) is 39.0. The monoisotopic (exact) mass is 778 g/mol. The minimum atomic E-state index is -5.77. The fourth-order valence-corrected chi connectivity index (χ4v) is 5.26. The largest absolute Gasteiger partial charge is 0.483 e. The molecule has 20 heteroatoms. The molecular formula is C34H29ClF6N8O5. The molecule has 284 valence electrons. The number of pyridine rings is 1. The fourth-order valence-electron chi connectivity index (χ4n) is 5.12. The van der Waals surface area contributed by atoms with Crippen LogP contribution in [0.4, 0.5) is 60.0 Å². The number of alkyl halides is 6. The summed E-state index contributed by atoms with van der Waals surface area (Å²) in [6, 6.07) is 16.8. The van der Waals surface area contributed by atoms with Gasteiger partial charge < -0.3 is 30.5 Å². The van der Waals surface area contributed by atoms with Crippen LogP contribution in [-0.2, 0) is 27.2 Å². The van der Waals surface area contributed by atoms with Gasteiger partial charge in [-0.05, 0) is 60.4 Å². The van der Waals surface area contributed by atoms with Crippen LogP contribution in [0, 0.1) is 0 Å². The van der Waals surface area contributed by atoms with Gasteiger partial charge in [-0.3, -0.25) is 19.4 Å². The Morgan fingerprint density at radius 2 is 1.46 bits per heavy atom. The number of ether oxygens (including phenoxy) is 1. The summed E-state index contributed by atoms with van der Waals surface area (Å²) in [5.74, 6) is -5.45. The van der Waals surface area contributed by atoms with Gasteiger partial charge in [0.25, 0.3) is 5.91 Å². The normalized spacial score (nSPS) is 14.0. The fraction of sp³-hybridized carbons (Fsp3) is 0.265. The Morgan fingerprint density at radius 3 is 2.13 bits per heavy atom. The molecule has 13 nitrogen and oxygen atoms in total. The molecule has 4 heterocycles. The summed E-state index contributed by atoms with van der Waals surface area (Å²) < 4.78 is 73.0. The maximum atomic E-state index is 13.0. The lowest BCUT2D eigenvalue weighted by Gasteiger charge is -2.34. The molecule has 0 saturated carbocycles. The van der Waals surface area contributed by atoms with Crippen molar-refractivity contribution in [2.75, 3.05) is 48.7 Å². The molecule has 0 spiro atoms. The number of fused-ring (bicyclic) bond motifs is 6. The van der Waals surface area contributed by atoms with Crippen molar-refractivity contribution in [3.05, 3.63) is 89.3 Å². The molecular weight excluding hydrogens is 750 g/mol. The molecule has 4 aromatic rings. The van der Waals surface area contributed by atoms with E-state index >= 15 is 0 Å². The van der Waals surface area contributed by atoms with Gasteiger partial charge in [0.15, 0.2) is 12.4 Å². The first-order valence-electron chi connectivity index (χ1n) is 15.9. The number of carbonyl (C=O) groups excluding carboxylic acids is 4. The zero-order valence-corrected chi connectivity index (χ0v) is 28.6. The van der Waals surface area contributed by atoms with Crippen LogP contribution in [0.5, 0.6) is 5.75 Å². The number of rotatable bonds is 5. The molecule has 6 rings (SSSR count). The van der Waals surface area contributed by atoms with Crippen LogP contribution in [0.2, 0.25) is 5.02 Å². The third-order valence-electron chi connectivity index (χ3n) is 7.82. The quantitative estimate of drug-likeness (QED) is 0.159. The minimum absolute atomic E-state index is 0.0992. The van der Waals surface area contributed by atoms with E-state index in [0.29, 0.717) is 61.6 Å². The number of Topliss-reactive ketones (excluding diaryl/α,β-unsaturated/α-hetero) is 2. The molecule has 0 aliphatic carbocycles. The first kappa shape index (κ1) is 39.2. The molecule has 6 bridgehead atoms. The molecule has 0 radical (unpaired) electrons. The van der Waals surface area contributed by atoms with Gasteiger partial charge in [0.1, 0.15) is 10.8 Å². The summed E-state index contributed by atoms with van der Waals surface area (Å²) in [6.45, 7) is 1.69. The van der Waals surface area contributed by atoms with E-state index in [-0.39, 0.29) is 18.5 Å². The lowest BCUT2D eigenvalue weighted by Crippen LogP contribution is -2.52. The molecule has 0 unspecified atom stereocenters. The van der Waals surface area contributed by atoms with E-state index in [1.165, 1.54) is 6.20 Å². The zero-order valence-electron chi connectivity index (χ0n) is 27.8. The number of amides is 3. The topological polar surface area (TPSA) is 159 Å². The number of nitrogens with zero attached hydrogens (tertiary/aromatic N) is 5. The second-order valence-electron chi connectivity index (χ2n) is 11.7. The molecule has 2 aliphatic heterocycles. The first-order chi connectivity index (χ1) is 25.6. The minimum Gasteiger partial charge on any atom is -0.483 e. The van der Waals surface area contributed by atoms with Crippen LogP contribution < -0.4 is 20.7 Å². The number of benzene rings is 2. The van der Waals surface area contributed by atoms with Crippen molar-refractivity contribution in [2.24, 2.45) is 0 Å². The van der Waals surface area contributed by atoms with Gasteiger partial charge >= 0.3 is 30.0 Å². The number of halogens is 7. The highest BCUT2D eigenvalue weighted by Crippen LogP contribution is 2.30. The number of ketones is 2. The number of hydrogen-bond acceptors (Lipinski definition) is 10. The van der Waals surface area contributed by atoms with Gasteiger partial charge in [-0.2, -0.15) is 31.3 Å². The Balaban J connectivity index is 0.000000404. The van der Waals surface area contributed by atoms with Gasteiger partial charge in [0.2, 0.25) is 5.95 Å². The van der Waals surface area contributed by atoms with Crippen molar-refractivity contribution in [1.29, 1.82) is 0 Å². The van der Waals surface area contributed by atoms with E-state index in [9.17, 15) is 45.5 Å². The standard InChI is InChI=1S/C30H29ClN8O3.C4F6O2/c31-25-18-33-29-35-24-14-20(16-32-17-24)6-7-21-15-23(34-28(25)37-29)8-9-26(21)42-19-27(40)38-10-12-39(13-11-38)30(41)36-22-4-2-1-3-5-22;5-3(6,7)1(11)2(12)4(8,9)10/h1-5,8-9,14-18H,6-7,10-13,19H2,(H,36,41)(H2,33,34,35,37);. The Labute approximate surface area is 307 Å². The van der Waals surface area contributed by atoms with Crippen molar-refractivity contribution >= 4 is 63.9 Å². The van der Waals surface area contributed by atoms with E-state index in [0.717, 1.165) is 28.2 Å². The molecule has 1 saturated heterocycles. The molecule has 2 aliphatic rings. The highest BCUT2D eigenvalue weighted by Gasteiger charge is 2.54. The maximum Gasteiger partial charge on any atom is 0.458 e. The summed E-state index contributed by atoms with van der Waals surface area (Å²) in [7, 11) is 0. The van der Waals surface area contributed by atoms with Crippen LogP contribution >= 0.6 is 11.6 Å². The summed E-state index contributed by atoms with van der Waals surface area (Å²) in [6.07, 6.45) is -5.09. The van der Waals surface area contributed by atoms with Crippen molar-refractivity contribution in [1.82, 2.24) is 24.8 Å². The lowest BCUT2D eigenvalue weighted by molar-refractivity contribution is -0.193. The number of aryl methyl sites for hydroxylation is 2. The van der Waals surface area contributed by atoms with Gasteiger partial charge in [-0.25, -0.2) is 9.78 Å². The number of nitrogens with one attached hydrogen (secondary N) is 3. The molecule has 2 aromatic carbocycles. The number of para-hydroxylation sites is 1. The van der Waals surface area contributed by atoms with E-state index in [2.05, 4.69) is 30.9 Å². The Kier molecular flexibility index (Phi) is 12.2. The smallest absolute Gasteiger partial charge is 0.458 e. The van der Waals surface area contributed by atoms with Crippen LogP contribution in [0.1, 0.15) is 11.1 Å². The van der Waals surface area contributed by atoms with Gasteiger partial charge in [0.05, 0.1) is 18.1 Å². The lowest BCUT2D eigenvalue weighted by atomic mass is 10.0. The van der Waals surface area contributed by atoms with Gasteiger partial charge in [0, 0.05) is 43.8 Å². The first-order valence-corrected chi connectivity index (χ1v) is 16.3. The van der Waals surface area contributed by atoms with Gasteiger partial charge in [-0.1, -0.05) is 29.8 Å². The van der Waals surface area contributed by atoms with Crippen molar-refractivity contribution in [3.63, 3.8) is 0 Å². The van der Waals surface area contributed by atoms with Crippen LogP contribution in [-0.4, -0.2) is 93.4 Å². The van der Waals surface area contributed by atoms with E-state index in [1.54, 1.807) is 16.0 Å². The average molecular weight is 779 g/mol. The molecule has 2 aromatic heterocycles. The van der Waals surface area contributed by atoms with E-state index in [4.69, 9.17) is 16.3 Å². The SMILES string of the molecule is O=C(C(=O)C(F)(F)F)C(F)(F)F.O=C(COc1ccc2cc1CCc1cncc(c1)Nc1ncc(Cl)c(n1)N2)N1CCN(C(=O)Nc2ccccc2)CC1. The predicted molar refractivity (Wildman–Crippen MR) is 183 cm³/mol. The van der Waals surface area contributed by atoms with Crippen molar-refractivity contribution in [2.45, 2.75) is 25.2 Å². The average Bonchev–Trinajstić information content (AvgIpc) is 3.14. The molecule has 3 N–H and O–H groups in total. The predicted octanol–water partition coefficient (Wildman–Crippen LogP) is 6.12. The number of piperazine rings is 1. The molecule has 0 atom stereocenters. The summed E-state index contributed by atoms with van der Waals surface area (Å²) in [5, 5.41) is 9.71. The number of carbonyl (C=O) groups is 4. The molecule has 54 heavy (non-hydrogen) atoms. The van der Waals surface area contributed by atoms with Crippen LogP contribution in [0.3, 0.4) is 0 Å². The Morgan fingerprint density at radius 1 is 0.796 bits per heavy atom. The third kappa shape index (κ3) is 10.6. The third-order valence-corrected chi connectivity index (χ3v) is 8.09. The second kappa shape index (κ2) is 16.8. The summed E-state index contributed by atoms with van der Waals surface area (Å²) in [4.78, 5) is 61.4. The molecule has 3 amide bonds.